The van der Waals surface area contributed by atoms with Gasteiger partial charge < -0.3 is 20.2 Å². The molecule has 20 heavy (non-hydrogen) atoms. The number of furan rings is 1. The lowest BCUT2D eigenvalue weighted by Gasteiger charge is -2.04. The summed E-state index contributed by atoms with van der Waals surface area (Å²) in [6.45, 7) is 2.41. The summed E-state index contributed by atoms with van der Waals surface area (Å²) in [5, 5.41) is 14.7. The highest BCUT2D eigenvalue weighted by Crippen LogP contribution is 2.10. The highest BCUT2D eigenvalue weighted by Gasteiger charge is 2.09. The second kappa shape index (κ2) is 6.20. The number of amides is 2. The number of urea groups is 1. The van der Waals surface area contributed by atoms with Crippen LogP contribution >= 0.6 is 11.3 Å². The second-order valence-corrected chi connectivity index (χ2v) is 5.29. The Morgan fingerprint density at radius 1 is 1.35 bits per heavy atom. The Morgan fingerprint density at radius 3 is 2.70 bits per heavy atom. The van der Waals surface area contributed by atoms with Gasteiger partial charge in [0.05, 0.1) is 13.1 Å². The summed E-state index contributed by atoms with van der Waals surface area (Å²) >= 11 is 1.51. The first-order chi connectivity index (χ1) is 9.54. The van der Waals surface area contributed by atoms with Crippen LogP contribution in [-0.4, -0.2) is 22.1 Å². The van der Waals surface area contributed by atoms with Crippen LogP contribution in [0.3, 0.4) is 0 Å². The van der Waals surface area contributed by atoms with E-state index in [0.29, 0.717) is 12.3 Å². The van der Waals surface area contributed by atoms with Gasteiger partial charge in [0.1, 0.15) is 10.8 Å². The first-order valence-electron chi connectivity index (χ1n) is 5.79. The van der Waals surface area contributed by atoms with Gasteiger partial charge in [-0.05, 0) is 19.1 Å². The number of aromatic nitrogens is 1. The second-order valence-electron chi connectivity index (χ2n) is 3.97. The largest absolute Gasteiger partial charge is 0.475 e. The van der Waals surface area contributed by atoms with Crippen LogP contribution in [0, 0.1) is 6.92 Å². The summed E-state index contributed by atoms with van der Waals surface area (Å²) in [6.07, 6.45) is 1.75. The molecule has 106 valence electrons. The SMILES string of the molecule is Cc1cnc(CNC(=O)NCc2ccc(C(=O)O)o2)s1. The first-order valence-corrected chi connectivity index (χ1v) is 6.61. The van der Waals surface area contributed by atoms with Gasteiger partial charge in [-0.25, -0.2) is 14.6 Å². The maximum absolute atomic E-state index is 11.5. The molecule has 2 amide bonds. The lowest BCUT2D eigenvalue weighted by molar-refractivity contribution is 0.0660. The number of carbonyl (C=O) groups excluding carboxylic acids is 1. The van der Waals surface area contributed by atoms with Gasteiger partial charge in [-0.3, -0.25) is 0 Å². The molecule has 0 aliphatic heterocycles. The lowest BCUT2D eigenvalue weighted by atomic mass is 10.4. The minimum atomic E-state index is -1.14. The van der Waals surface area contributed by atoms with Gasteiger partial charge in [0, 0.05) is 11.1 Å². The third kappa shape index (κ3) is 3.82. The number of aromatic carboxylic acids is 1. The van der Waals surface area contributed by atoms with Crippen molar-refractivity contribution in [3.05, 3.63) is 39.7 Å². The number of thiazole rings is 1. The van der Waals surface area contributed by atoms with Crippen LogP contribution in [0.15, 0.2) is 22.7 Å². The van der Waals surface area contributed by atoms with Crippen LogP contribution in [0.4, 0.5) is 4.79 Å². The minimum absolute atomic E-state index is 0.121. The fourth-order valence-corrected chi connectivity index (χ4v) is 2.18. The third-order valence-corrected chi connectivity index (χ3v) is 3.28. The van der Waals surface area contributed by atoms with Crippen LogP contribution in [0.5, 0.6) is 0 Å². The molecule has 2 aromatic heterocycles. The smallest absolute Gasteiger partial charge is 0.371 e. The highest BCUT2D eigenvalue weighted by atomic mass is 32.1. The lowest BCUT2D eigenvalue weighted by Crippen LogP contribution is -2.34. The molecule has 0 saturated carbocycles. The molecule has 0 fully saturated rings. The molecular formula is C12H13N3O4S. The summed E-state index contributed by atoms with van der Waals surface area (Å²) in [6, 6.07) is 2.48. The van der Waals surface area contributed by atoms with Crippen molar-refractivity contribution in [2.75, 3.05) is 0 Å². The van der Waals surface area contributed by atoms with E-state index >= 15 is 0 Å². The van der Waals surface area contributed by atoms with Crippen molar-refractivity contribution < 1.29 is 19.1 Å². The molecule has 7 nitrogen and oxygen atoms in total. The van der Waals surface area contributed by atoms with Crippen LogP contribution in [0.1, 0.15) is 26.2 Å². The number of hydrogen-bond donors (Lipinski definition) is 3. The number of aryl methyl sites for hydroxylation is 1. The molecule has 0 atom stereocenters. The van der Waals surface area contributed by atoms with Gasteiger partial charge in [-0.15, -0.1) is 11.3 Å². The summed E-state index contributed by atoms with van der Waals surface area (Å²) in [5.74, 6) is -0.914. The summed E-state index contributed by atoms with van der Waals surface area (Å²) < 4.78 is 5.01. The van der Waals surface area contributed by atoms with Gasteiger partial charge in [0.15, 0.2) is 0 Å². The maximum atomic E-state index is 11.5. The highest BCUT2D eigenvalue weighted by molar-refractivity contribution is 7.11. The van der Waals surface area contributed by atoms with Crippen LogP contribution in [0.2, 0.25) is 0 Å². The number of carboxylic acids is 1. The van der Waals surface area contributed by atoms with Crippen LogP contribution < -0.4 is 10.6 Å². The van der Waals surface area contributed by atoms with Gasteiger partial charge in [-0.2, -0.15) is 0 Å². The zero-order valence-electron chi connectivity index (χ0n) is 10.7. The summed E-state index contributed by atoms with van der Waals surface area (Å²) in [7, 11) is 0. The van der Waals surface area contributed by atoms with Crippen molar-refractivity contribution in [1.29, 1.82) is 0 Å². The minimum Gasteiger partial charge on any atom is -0.475 e. The van der Waals surface area contributed by atoms with Gasteiger partial charge in [-0.1, -0.05) is 0 Å². The fourth-order valence-electron chi connectivity index (χ4n) is 1.46. The Kier molecular flexibility index (Phi) is 4.36. The predicted octanol–water partition coefficient (Wildman–Crippen LogP) is 1.74. The number of hydrogen-bond acceptors (Lipinski definition) is 5. The average molecular weight is 295 g/mol. The molecule has 2 heterocycles. The molecule has 0 radical (unpaired) electrons. The molecule has 2 aromatic rings. The molecule has 0 saturated heterocycles. The van der Waals surface area contributed by atoms with E-state index in [-0.39, 0.29) is 18.3 Å². The molecule has 2 rings (SSSR count). The number of rotatable bonds is 5. The molecule has 0 aromatic carbocycles. The average Bonchev–Trinajstić information content (AvgIpc) is 3.03. The standard InChI is InChI=1S/C12H13N3O4S/c1-7-4-13-10(20-7)6-15-12(18)14-5-8-2-3-9(19-8)11(16)17/h2-4H,5-6H2,1H3,(H,16,17)(H2,14,15,18). The zero-order valence-corrected chi connectivity index (χ0v) is 11.5. The Bertz CT molecular complexity index is 620. The van der Waals surface area contributed by atoms with Gasteiger partial charge >= 0.3 is 12.0 Å². The topological polar surface area (TPSA) is 104 Å². The van der Waals surface area contributed by atoms with E-state index in [2.05, 4.69) is 15.6 Å². The van der Waals surface area contributed by atoms with Crippen LogP contribution in [0.25, 0.3) is 0 Å². The van der Waals surface area contributed by atoms with E-state index in [1.807, 2.05) is 6.92 Å². The van der Waals surface area contributed by atoms with E-state index in [4.69, 9.17) is 9.52 Å². The van der Waals surface area contributed by atoms with E-state index in [0.717, 1.165) is 9.88 Å². The Morgan fingerprint density at radius 2 is 2.10 bits per heavy atom. The third-order valence-electron chi connectivity index (χ3n) is 2.36. The van der Waals surface area contributed by atoms with E-state index in [1.165, 1.54) is 23.5 Å². The van der Waals surface area contributed by atoms with Crippen LogP contribution in [-0.2, 0) is 13.1 Å². The molecular weight excluding hydrogens is 282 g/mol. The molecule has 0 unspecified atom stereocenters. The molecule has 0 spiro atoms. The van der Waals surface area contributed by atoms with Crippen molar-refractivity contribution >= 4 is 23.3 Å². The number of carboxylic acid groups (broad SMARTS) is 1. The molecule has 8 heteroatoms. The Balaban J connectivity index is 1.75. The van der Waals surface area contributed by atoms with Gasteiger partial charge in [0.25, 0.3) is 0 Å². The Hall–Kier alpha value is -2.35. The Labute approximate surface area is 118 Å². The molecule has 0 aliphatic rings. The number of carbonyl (C=O) groups is 2. The van der Waals surface area contributed by atoms with Crippen molar-refractivity contribution in [2.24, 2.45) is 0 Å². The van der Waals surface area contributed by atoms with Crippen molar-refractivity contribution in [3.8, 4) is 0 Å². The van der Waals surface area contributed by atoms with E-state index in [9.17, 15) is 9.59 Å². The molecule has 0 bridgehead atoms. The number of nitrogens with zero attached hydrogens (tertiary/aromatic N) is 1. The number of nitrogens with one attached hydrogen (secondary N) is 2. The normalized spacial score (nSPS) is 10.2. The fraction of sp³-hybridized carbons (Fsp3) is 0.250. The maximum Gasteiger partial charge on any atom is 0.371 e. The van der Waals surface area contributed by atoms with E-state index < -0.39 is 5.97 Å². The van der Waals surface area contributed by atoms with Crippen molar-refractivity contribution in [1.82, 2.24) is 15.6 Å². The van der Waals surface area contributed by atoms with Gasteiger partial charge in [0.2, 0.25) is 5.76 Å². The summed E-state index contributed by atoms with van der Waals surface area (Å²) in [5.41, 5.74) is 0. The molecule has 0 aliphatic carbocycles. The quantitative estimate of drug-likeness (QED) is 0.779. The monoisotopic (exact) mass is 295 g/mol. The van der Waals surface area contributed by atoms with Crippen molar-refractivity contribution in [3.63, 3.8) is 0 Å². The van der Waals surface area contributed by atoms with E-state index in [1.54, 1.807) is 6.20 Å². The predicted molar refractivity (Wildman–Crippen MR) is 71.6 cm³/mol. The zero-order chi connectivity index (χ0) is 14.5. The van der Waals surface area contributed by atoms with Crippen molar-refractivity contribution in [2.45, 2.75) is 20.0 Å². The first kappa shape index (κ1) is 14.1. The molecule has 3 N–H and O–H groups in total. The summed E-state index contributed by atoms with van der Waals surface area (Å²) in [4.78, 5) is 27.4.